The van der Waals surface area contributed by atoms with E-state index in [9.17, 15) is 18.0 Å². The van der Waals surface area contributed by atoms with Crippen molar-refractivity contribution in [3.05, 3.63) is 63.6 Å². The quantitative estimate of drug-likeness (QED) is 0.511. The first-order valence-corrected chi connectivity index (χ1v) is 15.8. The van der Waals surface area contributed by atoms with E-state index in [4.69, 9.17) is 4.74 Å². The van der Waals surface area contributed by atoms with E-state index in [0.29, 0.717) is 5.17 Å². The molecule has 2 amide bonds. The maximum atomic E-state index is 13.6. The third-order valence-electron chi connectivity index (χ3n) is 6.24. The number of anilines is 1. The number of sulfone groups is 1. The maximum absolute atomic E-state index is 13.6. The van der Waals surface area contributed by atoms with Crippen molar-refractivity contribution in [3.8, 4) is 0 Å². The lowest BCUT2D eigenvalue weighted by molar-refractivity contribution is -0.119. The van der Waals surface area contributed by atoms with Crippen molar-refractivity contribution in [3.63, 3.8) is 0 Å². The molecule has 2 aliphatic rings. The SMILES string of the molecule is Cc1cc(Br)cc(C)c1N1C(=NC(=O)[C@@H](Cc2ccccc2)NC(=O)OC(C)(C)C)S[C@H]2CS(=O)(=O)C[C@H]21. The summed E-state index contributed by atoms with van der Waals surface area (Å²) >= 11 is 4.83. The molecule has 3 atom stereocenters. The average molecular weight is 623 g/mol. The first kappa shape index (κ1) is 28.6. The van der Waals surface area contributed by atoms with Crippen molar-refractivity contribution in [2.24, 2.45) is 4.99 Å². The maximum Gasteiger partial charge on any atom is 0.408 e. The summed E-state index contributed by atoms with van der Waals surface area (Å²) in [6, 6.07) is 12.0. The lowest BCUT2D eigenvalue weighted by Gasteiger charge is -2.28. The highest BCUT2D eigenvalue weighted by Crippen LogP contribution is 2.43. The van der Waals surface area contributed by atoms with Gasteiger partial charge in [-0.25, -0.2) is 13.2 Å². The van der Waals surface area contributed by atoms with E-state index in [0.717, 1.165) is 26.9 Å². The van der Waals surface area contributed by atoms with E-state index in [1.807, 2.05) is 61.2 Å². The van der Waals surface area contributed by atoms with E-state index >= 15 is 0 Å². The van der Waals surface area contributed by atoms with Crippen LogP contribution in [0.1, 0.15) is 37.5 Å². The largest absolute Gasteiger partial charge is 0.444 e. The second-order valence-corrected chi connectivity index (χ2v) is 15.0. The van der Waals surface area contributed by atoms with E-state index in [1.165, 1.54) is 11.8 Å². The standard InChI is InChI=1S/C27H32BrN3O5S2/c1-16-11-19(28)12-17(2)23(16)31-21-14-38(34,35)15-22(21)37-25(31)30-24(32)20(13-18-9-7-6-8-10-18)29-26(33)36-27(3,4)5/h6-12,20-22H,13-15H2,1-5H3,(H,29,33)/t20-,21-,22+/m1/s1. The molecule has 8 nitrogen and oxygen atoms in total. The van der Waals surface area contributed by atoms with Crippen LogP contribution in [0.15, 0.2) is 51.9 Å². The molecule has 4 rings (SSSR count). The van der Waals surface area contributed by atoms with Gasteiger partial charge in [0.15, 0.2) is 15.0 Å². The van der Waals surface area contributed by atoms with E-state index in [1.54, 1.807) is 20.8 Å². The number of rotatable bonds is 5. The van der Waals surface area contributed by atoms with Crippen LogP contribution in [-0.4, -0.2) is 60.0 Å². The number of thioether (sulfide) groups is 1. The summed E-state index contributed by atoms with van der Waals surface area (Å²) < 4.78 is 31.3. The number of ether oxygens (including phenoxy) is 1. The van der Waals surface area contributed by atoms with E-state index in [-0.39, 0.29) is 29.2 Å². The number of alkyl carbamates (subject to hydrolysis) is 1. The van der Waals surface area contributed by atoms with E-state index in [2.05, 4.69) is 26.2 Å². The van der Waals surface area contributed by atoms with Gasteiger partial charge < -0.3 is 15.0 Å². The number of fused-ring (bicyclic) bond motifs is 1. The van der Waals surface area contributed by atoms with Crippen LogP contribution in [0.25, 0.3) is 0 Å². The van der Waals surface area contributed by atoms with Crippen molar-refractivity contribution < 1.29 is 22.7 Å². The number of aliphatic imine (C=N–C) groups is 1. The second-order valence-electron chi connectivity index (χ2n) is 10.7. The molecule has 0 saturated carbocycles. The first-order chi connectivity index (χ1) is 17.7. The van der Waals surface area contributed by atoms with Crippen LogP contribution in [0.4, 0.5) is 10.5 Å². The number of hydrogen-bond acceptors (Lipinski definition) is 6. The van der Waals surface area contributed by atoms with Crippen LogP contribution < -0.4 is 10.2 Å². The molecule has 2 saturated heterocycles. The van der Waals surface area contributed by atoms with Gasteiger partial charge in [-0.15, -0.1) is 0 Å². The Labute approximate surface area is 236 Å². The molecule has 2 heterocycles. The van der Waals surface area contributed by atoms with Crippen molar-refractivity contribution in [2.45, 2.75) is 64.0 Å². The Kier molecular flexibility index (Phi) is 8.30. The first-order valence-electron chi connectivity index (χ1n) is 12.3. The Balaban J connectivity index is 1.70. The van der Waals surface area contributed by atoms with Crippen LogP contribution >= 0.6 is 27.7 Å². The van der Waals surface area contributed by atoms with Crippen molar-refractivity contribution in [1.82, 2.24) is 5.32 Å². The highest BCUT2D eigenvalue weighted by molar-refractivity contribution is 9.10. The molecule has 2 aromatic carbocycles. The molecule has 2 fully saturated rings. The molecule has 0 unspecified atom stereocenters. The summed E-state index contributed by atoms with van der Waals surface area (Å²) in [4.78, 5) is 32.7. The lowest BCUT2D eigenvalue weighted by atomic mass is 10.1. The predicted molar refractivity (Wildman–Crippen MR) is 156 cm³/mol. The van der Waals surface area contributed by atoms with Gasteiger partial charge in [0.2, 0.25) is 0 Å². The van der Waals surface area contributed by atoms with Gasteiger partial charge in [-0.05, 0) is 63.4 Å². The summed E-state index contributed by atoms with van der Waals surface area (Å²) in [6.45, 7) is 9.17. The molecule has 0 bridgehead atoms. The van der Waals surface area contributed by atoms with Crippen LogP contribution in [0.5, 0.6) is 0 Å². The lowest BCUT2D eigenvalue weighted by Crippen LogP contribution is -2.45. The summed E-state index contributed by atoms with van der Waals surface area (Å²) in [5.74, 6) is -0.497. The molecule has 0 aliphatic carbocycles. The Bertz CT molecular complexity index is 1350. The number of carbonyl (C=O) groups excluding carboxylic acids is 2. The van der Waals surface area contributed by atoms with Gasteiger partial charge >= 0.3 is 6.09 Å². The molecule has 0 spiro atoms. The zero-order valence-electron chi connectivity index (χ0n) is 22.0. The molecule has 1 N–H and O–H groups in total. The van der Waals surface area contributed by atoms with Gasteiger partial charge in [-0.2, -0.15) is 4.99 Å². The number of nitrogens with one attached hydrogen (secondary N) is 1. The fourth-order valence-corrected chi connectivity index (χ4v) is 9.37. The number of amidine groups is 1. The molecule has 2 aliphatic heterocycles. The van der Waals surface area contributed by atoms with Crippen molar-refractivity contribution in [2.75, 3.05) is 16.4 Å². The fourth-order valence-electron chi connectivity index (χ4n) is 4.78. The number of aryl methyl sites for hydroxylation is 2. The fraction of sp³-hybridized carbons (Fsp3) is 0.444. The van der Waals surface area contributed by atoms with Gasteiger partial charge in [-0.1, -0.05) is 58.0 Å². The molecule has 204 valence electrons. The highest BCUT2D eigenvalue weighted by Gasteiger charge is 2.50. The second kappa shape index (κ2) is 11.0. The third-order valence-corrected chi connectivity index (χ3v) is 9.91. The molecule has 0 radical (unpaired) electrons. The van der Waals surface area contributed by atoms with Gasteiger partial charge in [-0.3, -0.25) is 4.79 Å². The van der Waals surface area contributed by atoms with Crippen molar-refractivity contribution in [1.29, 1.82) is 0 Å². The smallest absolute Gasteiger partial charge is 0.408 e. The van der Waals surface area contributed by atoms with Crippen LogP contribution in [0, 0.1) is 13.8 Å². The summed E-state index contributed by atoms with van der Waals surface area (Å²) in [7, 11) is -3.21. The van der Waals surface area contributed by atoms with Crippen LogP contribution in [-0.2, 0) is 25.8 Å². The van der Waals surface area contributed by atoms with Gasteiger partial charge in [0, 0.05) is 21.8 Å². The Morgan fingerprint density at radius 3 is 2.39 bits per heavy atom. The Morgan fingerprint density at radius 1 is 1.16 bits per heavy atom. The van der Waals surface area contributed by atoms with Gasteiger partial charge in [0.05, 0.1) is 17.5 Å². The normalized spacial score (nSPS) is 22.3. The molecule has 38 heavy (non-hydrogen) atoms. The van der Waals surface area contributed by atoms with Crippen LogP contribution in [0.3, 0.4) is 0 Å². The van der Waals surface area contributed by atoms with Gasteiger partial charge in [0.25, 0.3) is 5.91 Å². The summed E-state index contributed by atoms with van der Waals surface area (Å²) in [5.41, 5.74) is 2.86. The Morgan fingerprint density at radius 2 is 1.79 bits per heavy atom. The number of hydrogen-bond donors (Lipinski definition) is 1. The predicted octanol–water partition coefficient (Wildman–Crippen LogP) is 4.80. The third kappa shape index (κ3) is 6.79. The number of amides is 2. The minimum atomic E-state index is -3.21. The Hall–Kier alpha value is -2.37. The van der Waals surface area contributed by atoms with Gasteiger partial charge in [0.1, 0.15) is 11.6 Å². The number of halogens is 1. The number of carbonyl (C=O) groups is 2. The van der Waals surface area contributed by atoms with Crippen LogP contribution in [0.2, 0.25) is 0 Å². The number of nitrogens with zero attached hydrogens (tertiary/aromatic N) is 2. The molecule has 11 heteroatoms. The zero-order valence-corrected chi connectivity index (χ0v) is 25.2. The molecule has 0 aromatic heterocycles. The molecular formula is C27H32BrN3O5S2. The number of benzene rings is 2. The highest BCUT2D eigenvalue weighted by atomic mass is 79.9. The monoisotopic (exact) mass is 621 g/mol. The summed E-state index contributed by atoms with van der Waals surface area (Å²) in [6.07, 6.45) is -0.469. The molecule has 2 aromatic rings. The van der Waals surface area contributed by atoms with E-state index < -0.39 is 33.5 Å². The minimum Gasteiger partial charge on any atom is -0.444 e. The topological polar surface area (TPSA) is 105 Å². The molecular weight excluding hydrogens is 590 g/mol. The summed E-state index contributed by atoms with van der Waals surface area (Å²) in [5, 5.41) is 2.90. The van der Waals surface area contributed by atoms with Crippen molar-refractivity contribution >= 4 is 60.4 Å². The minimum absolute atomic E-state index is 0.00355. The zero-order chi connectivity index (χ0) is 27.8. The average Bonchev–Trinajstić information content (AvgIpc) is 3.23.